The van der Waals surface area contributed by atoms with Crippen molar-refractivity contribution in [3.05, 3.63) is 70.9 Å². The molecule has 108 valence electrons. The molecule has 0 aromatic heterocycles. The first-order chi connectivity index (χ1) is 10.7. The van der Waals surface area contributed by atoms with Gasteiger partial charge >= 0.3 is 0 Å². The van der Waals surface area contributed by atoms with E-state index in [0.717, 1.165) is 26.9 Å². The zero-order valence-corrected chi connectivity index (χ0v) is 13.2. The van der Waals surface area contributed by atoms with Gasteiger partial charge < -0.3 is 5.32 Å². The third-order valence-corrected chi connectivity index (χ3v) is 4.33. The lowest BCUT2D eigenvalue weighted by molar-refractivity contribution is 1.36. The maximum atomic E-state index is 8.76. The Hall–Kier alpha value is -2.40. The summed E-state index contributed by atoms with van der Waals surface area (Å²) in [5.74, 6) is 0.742. The SMILES string of the molecule is N#CC(C#N)=CNc1ccccc1SCc1ccccc1Cl. The van der Waals surface area contributed by atoms with Crippen molar-refractivity contribution < 1.29 is 0 Å². The van der Waals surface area contributed by atoms with Gasteiger partial charge in [0.05, 0.1) is 5.69 Å². The van der Waals surface area contributed by atoms with E-state index in [1.807, 2.05) is 60.7 Å². The molecule has 22 heavy (non-hydrogen) atoms. The van der Waals surface area contributed by atoms with E-state index in [-0.39, 0.29) is 5.57 Å². The van der Waals surface area contributed by atoms with Crippen LogP contribution in [-0.4, -0.2) is 0 Å². The van der Waals surface area contributed by atoms with E-state index in [9.17, 15) is 0 Å². The molecule has 0 radical (unpaired) electrons. The number of nitrogens with zero attached hydrogens (tertiary/aromatic N) is 2. The molecule has 2 aromatic carbocycles. The van der Waals surface area contributed by atoms with Gasteiger partial charge in [-0.15, -0.1) is 11.8 Å². The van der Waals surface area contributed by atoms with Crippen molar-refractivity contribution in [3.63, 3.8) is 0 Å². The molecular weight excluding hydrogens is 314 g/mol. The fourth-order valence-corrected chi connectivity index (χ4v) is 3.02. The van der Waals surface area contributed by atoms with Gasteiger partial charge in [-0.25, -0.2) is 0 Å². The van der Waals surface area contributed by atoms with E-state index in [4.69, 9.17) is 22.1 Å². The lowest BCUT2D eigenvalue weighted by Gasteiger charge is -2.09. The predicted molar refractivity (Wildman–Crippen MR) is 90.4 cm³/mol. The molecule has 0 atom stereocenters. The minimum absolute atomic E-state index is 0.0332. The number of thioether (sulfide) groups is 1. The summed E-state index contributed by atoms with van der Waals surface area (Å²) < 4.78 is 0. The van der Waals surface area contributed by atoms with Crippen molar-refractivity contribution in [2.45, 2.75) is 10.6 Å². The van der Waals surface area contributed by atoms with Crippen LogP contribution in [0.5, 0.6) is 0 Å². The van der Waals surface area contributed by atoms with Crippen molar-refractivity contribution >= 4 is 29.1 Å². The van der Waals surface area contributed by atoms with Crippen LogP contribution in [0, 0.1) is 22.7 Å². The van der Waals surface area contributed by atoms with Gasteiger partial charge in [-0.1, -0.05) is 41.9 Å². The fraction of sp³-hybridized carbons (Fsp3) is 0.0588. The summed E-state index contributed by atoms with van der Waals surface area (Å²) in [4.78, 5) is 1.02. The molecule has 0 aliphatic rings. The maximum Gasteiger partial charge on any atom is 0.145 e. The highest BCUT2D eigenvalue weighted by Crippen LogP contribution is 2.31. The zero-order chi connectivity index (χ0) is 15.8. The first kappa shape index (κ1) is 16.0. The number of hydrogen-bond donors (Lipinski definition) is 1. The average molecular weight is 326 g/mol. The molecule has 1 N–H and O–H groups in total. The van der Waals surface area contributed by atoms with Crippen LogP contribution in [0.3, 0.4) is 0 Å². The third-order valence-electron chi connectivity index (χ3n) is 2.84. The molecule has 0 saturated carbocycles. The quantitative estimate of drug-likeness (QED) is 0.622. The van der Waals surface area contributed by atoms with Crippen LogP contribution in [0.2, 0.25) is 5.02 Å². The van der Waals surface area contributed by atoms with Crippen molar-refractivity contribution in [2.24, 2.45) is 0 Å². The number of nitriles is 2. The Morgan fingerprint density at radius 2 is 1.77 bits per heavy atom. The molecule has 5 heteroatoms. The maximum absolute atomic E-state index is 8.76. The topological polar surface area (TPSA) is 59.6 Å². The molecule has 0 spiro atoms. The predicted octanol–water partition coefficient (Wildman–Crippen LogP) is 4.98. The number of para-hydroxylation sites is 1. The summed E-state index contributed by atoms with van der Waals surface area (Å²) in [5.41, 5.74) is 1.95. The van der Waals surface area contributed by atoms with Crippen LogP contribution in [0.15, 0.2) is 65.2 Å². The standard InChI is InChI=1S/C17H12ClN3S/c18-15-6-2-1-5-14(15)12-22-17-8-4-3-7-16(17)21-11-13(9-19)10-20/h1-8,11,21H,12H2. The summed E-state index contributed by atoms with van der Waals surface area (Å²) in [6, 6.07) is 19.1. The van der Waals surface area contributed by atoms with Gasteiger partial charge in [-0.2, -0.15) is 10.5 Å². The Bertz CT molecular complexity index is 756. The molecule has 0 fully saturated rings. The second-order valence-corrected chi connectivity index (χ2v) is 5.73. The molecular formula is C17H12ClN3S. The summed E-state index contributed by atoms with van der Waals surface area (Å²) in [6.45, 7) is 0. The van der Waals surface area contributed by atoms with Crippen molar-refractivity contribution in [3.8, 4) is 12.1 Å². The van der Waals surface area contributed by atoms with Crippen LogP contribution in [0.4, 0.5) is 5.69 Å². The third kappa shape index (κ3) is 4.30. The number of benzene rings is 2. The molecule has 0 saturated heterocycles. The fourth-order valence-electron chi connectivity index (χ4n) is 1.72. The van der Waals surface area contributed by atoms with Crippen LogP contribution >= 0.6 is 23.4 Å². The van der Waals surface area contributed by atoms with Gasteiger partial charge in [-0.3, -0.25) is 0 Å². The van der Waals surface area contributed by atoms with Crippen molar-refractivity contribution in [1.82, 2.24) is 0 Å². The first-order valence-corrected chi connectivity index (χ1v) is 7.83. The van der Waals surface area contributed by atoms with E-state index in [1.165, 1.54) is 6.20 Å². The Balaban J connectivity index is 2.13. The average Bonchev–Trinajstić information content (AvgIpc) is 2.56. The lowest BCUT2D eigenvalue weighted by atomic mass is 10.2. The van der Waals surface area contributed by atoms with Gasteiger partial charge in [0.25, 0.3) is 0 Å². The number of halogens is 1. The summed E-state index contributed by atoms with van der Waals surface area (Å²) >= 11 is 7.80. The van der Waals surface area contributed by atoms with Gasteiger partial charge in [-0.05, 0) is 23.8 Å². The molecule has 0 heterocycles. The highest BCUT2D eigenvalue weighted by atomic mass is 35.5. The number of hydrogen-bond acceptors (Lipinski definition) is 4. The highest BCUT2D eigenvalue weighted by Gasteiger charge is 2.04. The number of anilines is 1. The highest BCUT2D eigenvalue weighted by molar-refractivity contribution is 7.98. The van der Waals surface area contributed by atoms with Crippen molar-refractivity contribution in [1.29, 1.82) is 10.5 Å². The molecule has 2 rings (SSSR count). The molecule has 3 nitrogen and oxygen atoms in total. The Morgan fingerprint density at radius 3 is 2.50 bits per heavy atom. The molecule has 0 aliphatic heterocycles. The van der Waals surface area contributed by atoms with Crippen LogP contribution < -0.4 is 5.32 Å². The largest absolute Gasteiger partial charge is 0.359 e. The second-order valence-electron chi connectivity index (χ2n) is 4.30. The molecule has 0 aliphatic carbocycles. The van der Waals surface area contributed by atoms with Gasteiger partial charge in [0, 0.05) is 21.9 Å². The van der Waals surface area contributed by atoms with Gasteiger partial charge in [0.15, 0.2) is 0 Å². The molecule has 0 unspecified atom stereocenters. The summed E-state index contributed by atoms with van der Waals surface area (Å²) in [7, 11) is 0. The number of nitrogens with one attached hydrogen (secondary N) is 1. The van der Waals surface area contributed by atoms with E-state index in [2.05, 4.69) is 5.32 Å². The van der Waals surface area contributed by atoms with E-state index in [1.54, 1.807) is 11.8 Å². The van der Waals surface area contributed by atoms with Crippen LogP contribution in [0.25, 0.3) is 0 Å². The Morgan fingerprint density at radius 1 is 1.09 bits per heavy atom. The van der Waals surface area contributed by atoms with Crippen molar-refractivity contribution in [2.75, 3.05) is 5.32 Å². The minimum Gasteiger partial charge on any atom is -0.359 e. The first-order valence-electron chi connectivity index (χ1n) is 6.46. The molecule has 0 amide bonds. The number of rotatable bonds is 5. The Labute approximate surface area is 138 Å². The van der Waals surface area contributed by atoms with E-state index >= 15 is 0 Å². The van der Waals surface area contributed by atoms with Crippen LogP contribution in [0.1, 0.15) is 5.56 Å². The van der Waals surface area contributed by atoms with Gasteiger partial charge in [0.2, 0.25) is 0 Å². The van der Waals surface area contributed by atoms with E-state index < -0.39 is 0 Å². The summed E-state index contributed by atoms with van der Waals surface area (Å²) in [5, 5.41) is 21.3. The number of allylic oxidation sites excluding steroid dienone is 1. The minimum atomic E-state index is 0.0332. The lowest BCUT2D eigenvalue weighted by Crippen LogP contribution is -1.92. The smallest absolute Gasteiger partial charge is 0.145 e. The van der Waals surface area contributed by atoms with E-state index in [0.29, 0.717) is 0 Å². The Kier molecular flexibility index (Phi) is 5.91. The normalized spacial score (nSPS) is 9.41. The monoisotopic (exact) mass is 325 g/mol. The molecule has 0 bridgehead atoms. The second kappa shape index (κ2) is 8.14. The summed E-state index contributed by atoms with van der Waals surface area (Å²) in [6.07, 6.45) is 1.41. The zero-order valence-electron chi connectivity index (χ0n) is 11.6. The molecule has 2 aromatic rings. The van der Waals surface area contributed by atoms with Gasteiger partial charge in [0.1, 0.15) is 17.7 Å². The van der Waals surface area contributed by atoms with Crippen LogP contribution in [-0.2, 0) is 5.75 Å².